The number of hydrogen-bond acceptors (Lipinski definition) is 4. The highest BCUT2D eigenvalue weighted by atomic mass is 16.5. The lowest BCUT2D eigenvalue weighted by Gasteiger charge is -2.20. The van der Waals surface area contributed by atoms with Crippen molar-refractivity contribution >= 4 is 23.6 Å². The molecule has 0 N–H and O–H groups in total. The monoisotopic (exact) mass is 336 g/mol. The Kier molecular flexibility index (Phi) is 5.17. The molecule has 1 saturated heterocycles. The molecule has 2 aromatic carbocycles. The molecule has 0 aromatic heterocycles. The van der Waals surface area contributed by atoms with E-state index >= 15 is 0 Å². The molecular formula is C21H24N2O2. The third-order valence-electron chi connectivity index (χ3n) is 4.73. The highest BCUT2D eigenvalue weighted by molar-refractivity contribution is 5.93. The Balaban J connectivity index is 1.83. The molecule has 0 amide bonds. The van der Waals surface area contributed by atoms with Crippen molar-refractivity contribution in [3.8, 4) is 0 Å². The molecule has 1 heterocycles. The van der Waals surface area contributed by atoms with Gasteiger partial charge in [0, 0.05) is 25.0 Å². The zero-order chi connectivity index (χ0) is 17.8. The van der Waals surface area contributed by atoms with Gasteiger partial charge < -0.3 is 9.64 Å². The molecule has 2 aromatic rings. The van der Waals surface area contributed by atoms with Gasteiger partial charge in [-0.3, -0.25) is 4.99 Å². The molecule has 0 atom stereocenters. The number of ether oxygens (including phenoxy) is 1. The number of rotatable bonds is 4. The zero-order valence-corrected chi connectivity index (χ0v) is 15.1. The summed E-state index contributed by atoms with van der Waals surface area (Å²) in [5.74, 6) is -0.333. The molecule has 1 aliphatic rings. The van der Waals surface area contributed by atoms with Crippen LogP contribution in [-0.4, -0.2) is 32.4 Å². The number of methoxy groups -OCH3 is 1. The summed E-state index contributed by atoms with van der Waals surface area (Å²) in [6.45, 7) is 6.33. The van der Waals surface area contributed by atoms with E-state index < -0.39 is 0 Å². The molecule has 130 valence electrons. The van der Waals surface area contributed by atoms with Crippen molar-refractivity contribution in [2.24, 2.45) is 4.99 Å². The predicted molar refractivity (Wildman–Crippen MR) is 102 cm³/mol. The van der Waals surface area contributed by atoms with E-state index in [1.54, 1.807) is 6.07 Å². The Morgan fingerprint density at radius 1 is 1.16 bits per heavy atom. The first-order valence-corrected chi connectivity index (χ1v) is 8.68. The SMILES string of the molecule is COC(=O)c1cccc(N=Cc2ccc(N3CCCC3)c(C)c2)c1C. The fourth-order valence-corrected chi connectivity index (χ4v) is 3.31. The summed E-state index contributed by atoms with van der Waals surface area (Å²) in [5.41, 5.74) is 5.81. The van der Waals surface area contributed by atoms with Crippen LogP contribution in [0, 0.1) is 13.8 Å². The van der Waals surface area contributed by atoms with Crippen molar-refractivity contribution in [2.75, 3.05) is 25.1 Å². The molecule has 0 unspecified atom stereocenters. The van der Waals surface area contributed by atoms with Gasteiger partial charge in [0.15, 0.2) is 0 Å². The Bertz CT molecular complexity index is 806. The molecule has 25 heavy (non-hydrogen) atoms. The summed E-state index contributed by atoms with van der Waals surface area (Å²) < 4.78 is 4.82. The van der Waals surface area contributed by atoms with Crippen LogP contribution in [0.5, 0.6) is 0 Å². The van der Waals surface area contributed by atoms with Gasteiger partial charge in [-0.1, -0.05) is 12.1 Å². The number of carbonyl (C=O) groups excluding carboxylic acids is 1. The van der Waals surface area contributed by atoms with Crippen LogP contribution in [0.25, 0.3) is 0 Å². The predicted octanol–water partition coefficient (Wildman–Crippen LogP) is 4.44. The van der Waals surface area contributed by atoms with Crippen molar-refractivity contribution in [3.05, 3.63) is 58.7 Å². The molecule has 0 spiro atoms. The quantitative estimate of drug-likeness (QED) is 0.612. The van der Waals surface area contributed by atoms with E-state index in [0.717, 1.165) is 29.9 Å². The molecule has 4 nitrogen and oxygen atoms in total. The largest absolute Gasteiger partial charge is 0.465 e. The van der Waals surface area contributed by atoms with Crippen LogP contribution < -0.4 is 4.90 Å². The topological polar surface area (TPSA) is 41.9 Å². The van der Waals surface area contributed by atoms with Gasteiger partial charge in [0.1, 0.15) is 0 Å². The number of nitrogens with zero attached hydrogens (tertiary/aromatic N) is 2. The van der Waals surface area contributed by atoms with Crippen LogP contribution in [0.3, 0.4) is 0 Å². The van der Waals surface area contributed by atoms with Crippen LogP contribution in [0.2, 0.25) is 0 Å². The third-order valence-corrected chi connectivity index (χ3v) is 4.73. The van der Waals surface area contributed by atoms with Gasteiger partial charge in [0.25, 0.3) is 0 Å². The van der Waals surface area contributed by atoms with Crippen LogP contribution in [0.1, 0.15) is 39.9 Å². The normalized spacial score (nSPS) is 14.3. The minimum absolute atomic E-state index is 0.333. The Morgan fingerprint density at radius 3 is 2.60 bits per heavy atom. The summed E-state index contributed by atoms with van der Waals surface area (Å²) in [5, 5.41) is 0. The fourth-order valence-electron chi connectivity index (χ4n) is 3.31. The number of aryl methyl sites for hydroxylation is 1. The minimum Gasteiger partial charge on any atom is -0.465 e. The number of benzene rings is 2. The molecule has 0 saturated carbocycles. The summed E-state index contributed by atoms with van der Waals surface area (Å²) in [4.78, 5) is 18.8. The van der Waals surface area contributed by atoms with E-state index in [0.29, 0.717) is 5.56 Å². The smallest absolute Gasteiger partial charge is 0.338 e. The van der Waals surface area contributed by atoms with E-state index in [9.17, 15) is 4.79 Å². The first-order chi connectivity index (χ1) is 12.1. The average Bonchev–Trinajstić information content (AvgIpc) is 3.14. The van der Waals surface area contributed by atoms with E-state index in [4.69, 9.17) is 4.74 Å². The van der Waals surface area contributed by atoms with Crippen molar-refractivity contribution in [1.82, 2.24) is 0 Å². The highest BCUT2D eigenvalue weighted by Crippen LogP contribution is 2.26. The van der Waals surface area contributed by atoms with E-state index in [1.807, 2.05) is 25.3 Å². The lowest BCUT2D eigenvalue weighted by molar-refractivity contribution is 0.0600. The van der Waals surface area contributed by atoms with Crippen molar-refractivity contribution in [2.45, 2.75) is 26.7 Å². The van der Waals surface area contributed by atoms with Crippen molar-refractivity contribution in [1.29, 1.82) is 0 Å². The summed E-state index contributed by atoms with van der Waals surface area (Å²) in [6, 6.07) is 11.9. The Morgan fingerprint density at radius 2 is 1.92 bits per heavy atom. The van der Waals surface area contributed by atoms with Gasteiger partial charge >= 0.3 is 5.97 Å². The lowest BCUT2D eigenvalue weighted by Crippen LogP contribution is -2.18. The van der Waals surface area contributed by atoms with Crippen LogP contribution in [0.4, 0.5) is 11.4 Å². The number of esters is 1. The molecule has 1 aliphatic heterocycles. The van der Waals surface area contributed by atoms with Crippen molar-refractivity contribution in [3.63, 3.8) is 0 Å². The van der Waals surface area contributed by atoms with Gasteiger partial charge in [0.2, 0.25) is 0 Å². The second-order valence-electron chi connectivity index (χ2n) is 6.44. The molecule has 0 aliphatic carbocycles. The maximum atomic E-state index is 11.8. The Labute approximate surface area is 149 Å². The first-order valence-electron chi connectivity index (χ1n) is 8.68. The van der Waals surface area contributed by atoms with Crippen molar-refractivity contribution < 1.29 is 9.53 Å². The average molecular weight is 336 g/mol. The third kappa shape index (κ3) is 3.73. The summed E-state index contributed by atoms with van der Waals surface area (Å²) in [7, 11) is 1.39. The zero-order valence-electron chi connectivity index (χ0n) is 15.1. The van der Waals surface area contributed by atoms with E-state index in [2.05, 4.69) is 35.0 Å². The van der Waals surface area contributed by atoms with Gasteiger partial charge in [-0.2, -0.15) is 0 Å². The minimum atomic E-state index is -0.333. The van der Waals surface area contributed by atoms with Crippen LogP contribution in [0.15, 0.2) is 41.4 Å². The molecular weight excluding hydrogens is 312 g/mol. The van der Waals surface area contributed by atoms with Gasteiger partial charge in [-0.15, -0.1) is 0 Å². The van der Waals surface area contributed by atoms with Gasteiger partial charge in [-0.25, -0.2) is 4.79 Å². The van der Waals surface area contributed by atoms with E-state index in [-0.39, 0.29) is 5.97 Å². The maximum Gasteiger partial charge on any atom is 0.338 e. The number of anilines is 1. The number of carbonyl (C=O) groups is 1. The fraction of sp³-hybridized carbons (Fsp3) is 0.333. The first kappa shape index (κ1) is 17.2. The van der Waals surface area contributed by atoms with Crippen LogP contribution in [-0.2, 0) is 4.74 Å². The van der Waals surface area contributed by atoms with Gasteiger partial charge in [-0.05, 0) is 67.6 Å². The highest BCUT2D eigenvalue weighted by Gasteiger charge is 2.14. The molecule has 0 radical (unpaired) electrons. The van der Waals surface area contributed by atoms with E-state index in [1.165, 1.54) is 31.2 Å². The second kappa shape index (κ2) is 7.51. The maximum absolute atomic E-state index is 11.8. The second-order valence-corrected chi connectivity index (χ2v) is 6.44. The number of aliphatic imine (C=N–C) groups is 1. The van der Waals surface area contributed by atoms with Crippen LogP contribution >= 0.6 is 0 Å². The number of hydrogen-bond donors (Lipinski definition) is 0. The summed E-state index contributed by atoms with van der Waals surface area (Å²) in [6.07, 6.45) is 4.40. The summed E-state index contributed by atoms with van der Waals surface area (Å²) >= 11 is 0. The molecule has 1 fully saturated rings. The lowest BCUT2D eigenvalue weighted by atomic mass is 10.1. The van der Waals surface area contributed by atoms with Gasteiger partial charge in [0.05, 0.1) is 18.4 Å². The Hall–Kier alpha value is -2.62. The molecule has 3 rings (SSSR count). The standard InChI is InChI=1S/C21H24N2O2/c1-15-13-17(9-10-20(15)23-11-4-5-12-23)14-22-19-8-6-7-18(16(19)2)21(24)25-3/h6-10,13-14H,4-5,11-12H2,1-3H3. The molecule has 0 bridgehead atoms. The molecule has 4 heteroatoms.